The molecule has 0 saturated carbocycles. The van der Waals surface area contributed by atoms with E-state index in [0.717, 1.165) is 18.8 Å². The first-order valence-corrected chi connectivity index (χ1v) is 4.19. The van der Waals surface area contributed by atoms with Crippen molar-refractivity contribution in [1.29, 1.82) is 0 Å². The Hall–Kier alpha value is -0.860. The second-order valence-electron chi connectivity index (χ2n) is 2.03. The Morgan fingerprint density at radius 3 is 2.45 bits per heavy atom. The van der Waals surface area contributed by atoms with Crippen LogP contribution in [0, 0.1) is 6.92 Å². The van der Waals surface area contributed by atoms with Gasteiger partial charge < -0.3 is 0 Å². The Kier molecular flexibility index (Phi) is 5.43. The summed E-state index contributed by atoms with van der Waals surface area (Å²) in [6.45, 7) is 9.07. The van der Waals surface area contributed by atoms with Crippen LogP contribution in [0.3, 0.4) is 0 Å². The molecule has 0 atom stereocenters. The van der Waals surface area contributed by atoms with Gasteiger partial charge in [-0.2, -0.15) is 5.10 Å². The van der Waals surface area contributed by atoms with E-state index in [4.69, 9.17) is 0 Å². The number of aromatic nitrogens is 3. The fourth-order valence-electron chi connectivity index (χ4n) is 0.753. The minimum atomic E-state index is 0.978. The third kappa shape index (κ3) is 3.16. The van der Waals surface area contributed by atoms with Crippen molar-refractivity contribution in [3.05, 3.63) is 12.2 Å². The molecule has 0 spiro atoms. The van der Waals surface area contributed by atoms with Crippen molar-refractivity contribution in [3.63, 3.8) is 0 Å². The van der Waals surface area contributed by atoms with Gasteiger partial charge in [-0.25, -0.2) is 4.98 Å². The maximum atomic E-state index is 4.01. The molecule has 0 aliphatic carbocycles. The van der Waals surface area contributed by atoms with Crippen molar-refractivity contribution >= 4 is 0 Å². The Bertz CT molecular complexity index is 181. The van der Waals surface area contributed by atoms with Crippen LogP contribution >= 0.6 is 0 Å². The van der Waals surface area contributed by atoms with Crippen LogP contribution < -0.4 is 0 Å². The molecule has 0 unspecified atom stereocenters. The van der Waals surface area contributed by atoms with Gasteiger partial charge in [-0.15, -0.1) is 0 Å². The first-order chi connectivity index (χ1) is 5.34. The van der Waals surface area contributed by atoms with E-state index >= 15 is 0 Å². The molecule has 11 heavy (non-hydrogen) atoms. The quantitative estimate of drug-likeness (QED) is 0.654. The topological polar surface area (TPSA) is 30.7 Å². The highest BCUT2D eigenvalue weighted by molar-refractivity contribution is 4.77. The second kappa shape index (κ2) is 5.89. The molecule has 0 radical (unpaired) electrons. The summed E-state index contributed by atoms with van der Waals surface area (Å²) in [6.07, 6.45) is 2.70. The zero-order valence-corrected chi connectivity index (χ0v) is 7.83. The standard InChI is InChI=1S/C6H11N3.C2H6/c1-3-4-9-6(2)7-5-8-9;1-2/h5H,3-4H2,1-2H3;1-2H3. The summed E-state index contributed by atoms with van der Waals surface area (Å²) >= 11 is 0. The molecule has 0 fully saturated rings. The van der Waals surface area contributed by atoms with Crippen LogP contribution in [0.15, 0.2) is 6.33 Å². The van der Waals surface area contributed by atoms with Gasteiger partial charge in [0.1, 0.15) is 12.2 Å². The van der Waals surface area contributed by atoms with Gasteiger partial charge in [0.25, 0.3) is 0 Å². The van der Waals surface area contributed by atoms with Gasteiger partial charge in [-0.1, -0.05) is 20.8 Å². The number of rotatable bonds is 2. The van der Waals surface area contributed by atoms with Gasteiger partial charge in [0.05, 0.1) is 0 Å². The summed E-state index contributed by atoms with van der Waals surface area (Å²) in [5.41, 5.74) is 0. The molecule has 1 rings (SSSR count). The average molecular weight is 155 g/mol. The first kappa shape index (κ1) is 10.1. The minimum absolute atomic E-state index is 0.978. The van der Waals surface area contributed by atoms with Crippen molar-refractivity contribution in [3.8, 4) is 0 Å². The number of hydrogen-bond donors (Lipinski definition) is 0. The smallest absolute Gasteiger partial charge is 0.138 e. The summed E-state index contributed by atoms with van der Waals surface area (Å²) in [7, 11) is 0. The lowest BCUT2D eigenvalue weighted by atomic mass is 10.5. The molecule has 1 aromatic heterocycles. The van der Waals surface area contributed by atoms with E-state index in [1.165, 1.54) is 0 Å². The SMILES string of the molecule is CC.CCCn1ncnc1C. The fraction of sp³-hybridized carbons (Fsp3) is 0.750. The molecule has 0 aliphatic rings. The normalized spacial score (nSPS) is 8.73. The number of hydrogen-bond acceptors (Lipinski definition) is 2. The molecule has 0 bridgehead atoms. The maximum absolute atomic E-state index is 4.01. The van der Waals surface area contributed by atoms with Crippen LogP contribution in [-0.2, 0) is 6.54 Å². The van der Waals surface area contributed by atoms with Crippen LogP contribution in [0.5, 0.6) is 0 Å². The largest absolute Gasteiger partial charge is 0.250 e. The fourth-order valence-corrected chi connectivity index (χ4v) is 0.753. The molecule has 0 saturated heterocycles. The van der Waals surface area contributed by atoms with E-state index < -0.39 is 0 Å². The van der Waals surface area contributed by atoms with Crippen LogP contribution in [0.25, 0.3) is 0 Å². The van der Waals surface area contributed by atoms with Crippen molar-refractivity contribution in [2.45, 2.75) is 40.7 Å². The van der Waals surface area contributed by atoms with Gasteiger partial charge >= 0.3 is 0 Å². The van der Waals surface area contributed by atoms with Gasteiger partial charge in [-0.05, 0) is 13.3 Å². The monoisotopic (exact) mass is 155 g/mol. The van der Waals surface area contributed by atoms with Crippen LogP contribution in [-0.4, -0.2) is 14.8 Å². The second-order valence-corrected chi connectivity index (χ2v) is 2.03. The molecule has 1 aromatic rings. The third-order valence-electron chi connectivity index (χ3n) is 1.24. The van der Waals surface area contributed by atoms with Gasteiger partial charge in [0.2, 0.25) is 0 Å². The van der Waals surface area contributed by atoms with Crippen molar-refractivity contribution in [2.75, 3.05) is 0 Å². The molecule has 1 heterocycles. The summed E-state index contributed by atoms with van der Waals surface area (Å²) in [5.74, 6) is 0.997. The first-order valence-electron chi connectivity index (χ1n) is 4.19. The Labute approximate surface area is 68.5 Å². The van der Waals surface area contributed by atoms with E-state index in [2.05, 4.69) is 17.0 Å². The lowest BCUT2D eigenvalue weighted by Crippen LogP contribution is -2.00. The molecule has 0 aromatic carbocycles. The van der Waals surface area contributed by atoms with Crippen molar-refractivity contribution < 1.29 is 0 Å². The van der Waals surface area contributed by atoms with E-state index in [9.17, 15) is 0 Å². The molecule has 0 N–H and O–H groups in total. The molecular weight excluding hydrogens is 138 g/mol. The molecule has 64 valence electrons. The molecule has 0 amide bonds. The summed E-state index contributed by atoms with van der Waals surface area (Å²) in [5, 5.41) is 4.01. The average Bonchev–Trinajstić information content (AvgIpc) is 2.42. The van der Waals surface area contributed by atoms with Gasteiger partial charge in [0.15, 0.2) is 0 Å². The van der Waals surface area contributed by atoms with E-state index in [1.54, 1.807) is 6.33 Å². The lowest BCUT2D eigenvalue weighted by molar-refractivity contribution is 0.584. The minimum Gasteiger partial charge on any atom is -0.250 e. The van der Waals surface area contributed by atoms with E-state index in [0.29, 0.717) is 0 Å². The summed E-state index contributed by atoms with van der Waals surface area (Å²) in [6, 6.07) is 0. The number of aryl methyl sites for hydroxylation is 2. The zero-order valence-electron chi connectivity index (χ0n) is 7.83. The third-order valence-corrected chi connectivity index (χ3v) is 1.24. The lowest BCUT2D eigenvalue weighted by Gasteiger charge is -1.96. The van der Waals surface area contributed by atoms with Crippen LogP contribution in [0.4, 0.5) is 0 Å². The van der Waals surface area contributed by atoms with E-state index in [1.807, 2.05) is 25.5 Å². The van der Waals surface area contributed by atoms with Gasteiger partial charge in [0, 0.05) is 6.54 Å². The Balaban J connectivity index is 0.000000461. The molecule has 3 nitrogen and oxygen atoms in total. The van der Waals surface area contributed by atoms with Crippen LogP contribution in [0.1, 0.15) is 33.0 Å². The Morgan fingerprint density at radius 1 is 1.45 bits per heavy atom. The summed E-state index contributed by atoms with van der Waals surface area (Å²) in [4.78, 5) is 3.99. The Morgan fingerprint density at radius 2 is 2.09 bits per heavy atom. The zero-order chi connectivity index (χ0) is 8.69. The van der Waals surface area contributed by atoms with E-state index in [-0.39, 0.29) is 0 Å². The molecule has 3 heteroatoms. The van der Waals surface area contributed by atoms with Gasteiger partial charge in [-0.3, -0.25) is 4.68 Å². The molecular formula is C8H17N3. The van der Waals surface area contributed by atoms with Crippen molar-refractivity contribution in [1.82, 2.24) is 14.8 Å². The highest BCUT2D eigenvalue weighted by atomic mass is 15.3. The highest BCUT2D eigenvalue weighted by Crippen LogP contribution is 1.91. The summed E-state index contributed by atoms with van der Waals surface area (Å²) < 4.78 is 1.90. The van der Waals surface area contributed by atoms with Crippen molar-refractivity contribution in [2.24, 2.45) is 0 Å². The predicted molar refractivity (Wildman–Crippen MR) is 46.4 cm³/mol. The number of nitrogens with zero attached hydrogens (tertiary/aromatic N) is 3. The maximum Gasteiger partial charge on any atom is 0.138 e. The molecule has 0 aliphatic heterocycles. The predicted octanol–water partition coefficient (Wildman–Crippen LogP) is 2.02. The highest BCUT2D eigenvalue weighted by Gasteiger charge is 1.93. The van der Waals surface area contributed by atoms with Crippen LogP contribution in [0.2, 0.25) is 0 Å².